The molecule has 0 bridgehead atoms. The van der Waals surface area contributed by atoms with Crippen molar-refractivity contribution < 1.29 is 32.4 Å². The Bertz CT molecular complexity index is 1110. The van der Waals surface area contributed by atoms with E-state index < -0.39 is 17.9 Å². The maximum atomic E-state index is 12.4. The maximum absolute atomic E-state index is 12.4. The smallest absolute Gasteiger partial charge is 0.502 e. The summed E-state index contributed by atoms with van der Waals surface area (Å²) in [7, 11) is 0. The third-order valence-electron chi connectivity index (χ3n) is 3.67. The molecule has 0 fully saturated rings. The highest BCUT2D eigenvalue weighted by atomic mass is 19.4. The van der Waals surface area contributed by atoms with Crippen molar-refractivity contribution >= 4 is 16.4 Å². The van der Waals surface area contributed by atoms with E-state index >= 15 is 0 Å². The quantitative estimate of drug-likeness (QED) is 0.569. The molecule has 2 heterocycles. The number of phenolic OH excluding ortho intramolecular Hbond substituents is 1. The molecule has 0 aliphatic heterocycles. The molecule has 0 saturated heterocycles. The van der Waals surface area contributed by atoms with Gasteiger partial charge in [0, 0.05) is 5.39 Å². The zero-order valence-electron chi connectivity index (χ0n) is 13.0. The Morgan fingerprint density at radius 1 is 0.962 bits per heavy atom. The van der Waals surface area contributed by atoms with Crippen LogP contribution in [-0.2, 0) is 0 Å². The van der Waals surface area contributed by atoms with E-state index in [1.165, 1.54) is 18.3 Å². The first-order valence-corrected chi connectivity index (χ1v) is 7.46. The molecular formula is C17H11F3N3O3+. The van der Waals surface area contributed by atoms with Crippen LogP contribution in [0.4, 0.5) is 13.2 Å². The van der Waals surface area contributed by atoms with E-state index in [1.807, 2.05) is 36.4 Å². The van der Waals surface area contributed by atoms with Crippen molar-refractivity contribution in [3.63, 3.8) is 0 Å². The molecule has 0 radical (unpaired) electrons. The molecule has 0 unspecified atom stereocenters. The topological polar surface area (TPSA) is 60.6 Å². The van der Waals surface area contributed by atoms with Gasteiger partial charge in [0.25, 0.3) is 0 Å². The summed E-state index contributed by atoms with van der Waals surface area (Å²) >= 11 is 0. The predicted octanol–water partition coefficient (Wildman–Crippen LogP) is 3.22. The van der Waals surface area contributed by atoms with Crippen molar-refractivity contribution in [1.82, 2.24) is 10.1 Å². The minimum atomic E-state index is -4.93. The SMILES string of the molecule is Oc1c(On2ncc3ccc4ccccc4[n+]32)cccc1OC(F)(F)F. The minimum Gasteiger partial charge on any atom is -0.502 e. The highest BCUT2D eigenvalue weighted by molar-refractivity contribution is 5.76. The number of halogens is 3. The molecule has 0 amide bonds. The van der Waals surface area contributed by atoms with Gasteiger partial charge in [0.2, 0.25) is 23.2 Å². The Hall–Kier alpha value is -3.49. The van der Waals surface area contributed by atoms with Crippen LogP contribution in [0.1, 0.15) is 0 Å². The number of fused-ring (bicyclic) bond motifs is 3. The average molecular weight is 362 g/mol. The van der Waals surface area contributed by atoms with Gasteiger partial charge >= 0.3 is 6.36 Å². The fraction of sp³-hybridized carbons (Fsp3) is 0.0588. The lowest BCUT2D eigenvalue weighted by Gasteiger charge is -2.11. The summed E-state index contributed by atoms with van der Waals surface area (Å²) in [6.07, 6.45) is -3.40. The Labute approximate surface area is 144 Å². The molecule has 4 rings (SSSR count). The van der Waals surface area contributed by atoms with Crippen molar-refractivity contribution in [3.8, 4) is 17.2 Å². The zero-order valence-corrected chi connectivity index (χ0v) is 13.0. The summed E-state index contributed by atoms with van der Waals surface area (Å²) in [5.41, 5.74) is 1.47. The van der Waals surface area contributed by atoms with E-state index in [9.17, 15) is 18.3 Å². The number of ether oxygens (including phenoxy) is 1. The van der Waals surface area contributed by atoms with Crippen LogP contribution in [0.5, 0.6) is 17.2 Å². The summed E-state index contributed by atoms with van der Waals surface area (Å²) < 4.78 is 42.7. The van der Waals surface area contributed by atoms with Gasteiger partial charge < -0.3 is 14.7 Å². The normalized spacial score (nSPS) is 11.8. The van der Waals surface area contributed by atoms with Crippen molar-refractivity contribution in [2.45, 2.75) is 6.36 Å². The van der Waals surface area contributed by atoms with Crippen LogP contribution in [0, 0.1) is 0 Å². The summed E-state index contributed by atoms with van der Waals surface area (Å²) in [6, 6.07) is 14.7. The van der Waals surface area contributed by atoms with Crippen LogP contribution in [0.3, 0.4) is 0 Å². The molecular weight excluding hydrogens is 351 g/mol. The van der Waals surface area contributed by atoms with E-state index in [0.29, 0.717) is 5.52 Å². The lowest BCUT2D eigenvalue weighted by molar-refractivity contribution is -0.624. The first-order valence-electron chi connectivity index (χ1n) is 7.46. The molecule has 1 N–H and O–H groups in total. The van der Waals surface area contributed by atoms with Gasteiger partial charge in [0.05, 0.1) is 5.10 Å². The van der Waals surface area contributed by atoms with Crippen LogP contribution in [0.15, 0.2) is 60.8 Å². The second-order valence-corrected chi connectivity index (χ2v) is 5.37. The average Bonchev–Trinajstić information content (AvgIpc) is 3.01. The summed E-state index contributed by atoms with van der Waals surface area (Å²) in [6.45, 7) is 0. The van der Waals surface area contributed by atoms with Crippen LogP contribution < -0.4 is 14.1 Å². The summed E-state index contributed by atoms with van der Waals surface area (Å²) in [4.78, 5) is 6.57. The van der Waals surface area contributed by atoms with E-state index in [-0.39, 0.29) is 5.75 Å². The van der Waals surface area contributed by atoms with Crippen molar-refractivity contribution in [2.75, 3.05) is 0 Å². The monoisotopic (exact) mass is 362 g/mol. The largest absolute Gasteiger partial charge is 0.573 e. The van der Waals surface area contributed by atoms with E-state index in [1.54, 1.807) is 4.52 Å². The van der Waals surface area contributed by atoms with Gasteiger partial charge in [-0.15, -0.1) is 13.2 Å². The number of para-hydroxylation sites is 2. The Morgan fingerprint density at radius 2 is 1.73 bits per heavy atom. The molecule has 0 aliphatic carbocycles. The van der Waals surface area contributed by atoms with E-state index in [4.69, 9.17) is 4.84 Å². The van der Waals surface area contributed by atoms with Gasteiger partial charge in [-0.25, -0.2) is 0 Å². The van der Waals surface area contributed by atoms with E-state index in [2.05, 4.69) is 9.84 Å². The van der Waals surface area contributed by atoms with Crippen LogP contribution in [0.2, 0.25) is 0 Å². The second kappa shape index (κ2) is 5.80. The van der Waals surface area contributed by atoms with Gasteiger partial charge in [0.15, 0.2) is 16.2 Å². The second-order valence-electron chi connectivity index (χ2n) is 5.37. The molecule has 2 aromatic heterocycles. The molecule has 9 heteroatoms. The van der Waals surface area contributed by atoms with Gasteiger partial charge in [0.1, 0.15) is 0 Å². The fourth-order valence-corrected chi connectivity index (χ4v) is 2.59. The van der Waals surface area contributed by atoms with E-state index in [0.717, 1.165) is 21.9 Å². The highest BCUT2D eigenvalue weighted by Gasteiger charge is 2.33. The molecule has 4 aromatic rings. The number of phenols is 1. The number of benzene rings is 2. The minimum absolute atomic E-state index is 0.239. The molecule has 0 atom stereocenters. The maximum Gasteiger partial charge on any atom is 0.573 e. The molecule has 132 valence electrons. The predicted molar refractivity (Wildman–Crippen MR) is 83.7 cm³/mol. The fourth-order valence-electron chi connectivity index (χ4n) is 2.59. The number of rotatable bonds is 3. The number of aromatic hydroxyl groups is 1. The highest BCUT2D eigenvalue weighted by Crippen LogP contribution is 2.38. The third-order valence-corrected chi connectivity index (χ3v) is 3.67. The molecule has 2 aromatic carbocycles. The summed E-state index contributed by atoms with van der Waals surface area (Å²) in [5.74, 6) is -1.78. The third kappa shape index (κ3) is 2.83. The van der Waals surface area contributed by atoms with Gasteiger partial charge in [-0.2, -0.15) is 0 Å². The molecule has 26 heavy (non-hydrogen) atoms. The van der Waals surface area contributed by atoms with Crippen LogP contribution >= 0.6 is 0 Å². The van der Waals surface area contributed by atoms with Crippen LogP contribution in [-0.4, -0.2) is 21.5 Å². The van der Waals surface area contributed by atoms with Gasteiger partial charge in [-0.3, -0.25) is 0 Å². The number of pyridine rings is 1. The van der Waals surface area contributed by atoms with Crippen molar-refractivity contribution in [1.29, 1.82) is 0 Å². The number of hydrogen-bond donors (Lipinski definition) is 1. The Balaban J connectivity index is 1.79. The standard InChI is InChI=1S/C17H10F3N3O3/c18-17(19,20)25-14-6-3-7-15(16(14)24)26-23-21-10-12-9-8-11-4-1-2-5-13(11)22(12)23/h1-10H/p+1. The lowest BCUT2D eigenvalue weighted by atomic mass is 10.2. The lowest BCUT2D eigenvalue weighted by Crippen LogP contribution is -2.37. The number of nitrogens with zero attached hydrogens (tertiary/aromatic N) is 3. The first-order chi connectivity index (χ1) is 12.4. The van der Waals surface area contributed by atoms with Crippen molar-refractivity contribution in [3.05, 3.63) is 60.8 Å². The van der Waals surface area contributed by atoms with Gasteiger partial charge in [-0.05, 0) is 30.3 Å². The number of hydrogen-bond acceptors (Lipinski definition) is 4. The van der Waals surface area contributed by atoms with Crippen LogP contribution in [0.25, 0.3) is 16.4 Å². The van der Waals surface area contributed by atoms with Gasteiger partial charge in [-0.1, -0.05) is 28.8 Å². The summed E-state index contributed by atoms with van der Waals surface area (Å²) in [5, 5.41) is 15.0. The molecule has 0 saturated carbocycles. The zero-order chi connectivity index (χ0) is 18.3. The Kier molecular flexibility index (Phi) is 3.57. The van der Waals surface area contributed by atoms with Crippen molar-refractivity contribution in [2.24, 2.45) is 0 Å². The number of aromatic nitrogens is 3. The first kappa shape index (κ1) is 16.0. The molecule has 6 nitrogen and oxygen atoms in total. The number of alkyl halides is 3. The molecule has 0 spiro atoms. The molecule has 0 aliphatic rings. The Morgan fingerprint density at radius 3 is 2.54 bits per heavy atom.